The van der Waals surface area contributed by atoms with Crippen molar-refractivity contribution in [3.05, 3.63) is 93.0 Å². The maximum atomic E-state index is 12.4. The number of nitrogens with zero attached hydrogens (tertiary/aromatic N) is 1. The van der Waals surface area contributed by atoms with E-state index in [4.69, 9.17) is 32.7 Å². The van der Waals surface area contributed by atoms with Crippen LogP contribution in [0, 0.1) is 6.92 Å². The summed E-state index contributed by atoms with van der Waals surface area (Å²) in [6, 6.07) is 16.2. The van der Waals surface area contributed by atoms with Crippen molar-refractivity contribution in [3.63, 3.8) is 0 Å². The first kappa shape index (κ1) is 25.7. The van der Waals surface area contributed by atoms with Gasteiger partial charge in [-0.2, -0.15) is 5.10 Å². The van der Waals surface area contributed by atoms with E-state index < -0.39 is 17.8 Å². The number of carbonyl (C=O) groups is 3. The molecule has 0 unspecified atom stereocenters. The lowest BCUT2D eigenvalue weighted by Gasteiger charge is -2.10. The zero-order valence-corrected chi connectivity index (χ0v) is 20.3. The molecule has 8 nitrogen and oxygen atoms in total. The molecular weight excluding hydrogens is 493 g/mol. The van der Waals surface area contributed by atoms with E-state index in [0.29, 0.717) is 21.9 Å². The molecular formula is C25H21Cl2N3O5. The molecule has 0 heterocycles. The maximum absolute atomic E-state index is 12.4. The standard InChI is InChI=1S/C25H21Cl2N3O5/c1-15-3-6-17(7-4-15)25(33)35-21-10-5-16(11-22(21)34-2)13-29-30-23(31)14-28-24(32)18-8-9-19(26)20(27)12-18/h3-13H,14H2,1-2H3,(H,28,32)(H,30,31)/b29-13-. The number of hydrogen-bond donors (Lipinski definition) is 2. The van der Waals surface area contributed by atoms with Crippen molar-refractivity contribution < 1.29 is 23.9 Å². The van der Waals surface area contributed by atoms with E-state index in [1.807, 2.05) is 19.1 Å². The molecule has 180 valence electrons. The van der Waals surface area contributed by atoms with Gasteiger partial charge in [0.2, 0.25) is 0 Å². The topological polar surface area (TPSA) is 106 Å². The lowest BCUT2D eigenvalue weighted by atomic mass is 10.1. The van der Waals surface area contributed by atoms with Crippen LogP contribution in [0.4, 0.5) is 0 Å². The normalized spacial score (nSPS) is 10.6. The highest BCUT2D eigenvalue weighted by atomic mass is 35.5. The molecule has 2 amide bonds. The minimum atomic E-state index is -0.537. The molecule has 0 saturated heterocycles. The smallest absolute Gasteiger partial charge is 0.343 e. The van der Waals surface area contributed by atoms with Gasteiger partial charge in [-0.3, -0.25) is 9.59 Å². The number of hydrazone groups is 1. The summed E-state index contributed by atoms with van der Waals surface area (Å²) >= 11 is 11.7. The first-order valence-corrected chi connectivity index (χ1v) is 11.0. The molecule has 3 aromatic rings. The predicted molar refractivity (Wildman–Crippen MR) is 134 cm³/mol. The molecule has 0 fully saturated rings. The van der Waals surface area contributed by atoms with E-state index in [-0.39, 0.29) is 22.9 Å². The molecule has 2 N–H and O–H groups in total. The third kappa shape index (κ3) is 7.30. The van der Waals surface area contributed by atoms with Gasteiger partial charge in [0.25, 0.3) is 11.8 Å². The number of hydrogen-bond acceptors (Lipinski definition) is 6. The second-order valence-electron chi connectivity index (χ2n) is 7.27. The van der Waals surface area contributed by atoms with Crippen LogP contribution in [0.15, 0.2) is 65.8 Å². The molecule has 10 heteroatoms. The number of esters is 1. The summed E-state index contributed by atoms with van der Waals surface area (Å²) in [4.78, 5) is 36.4. The number of rotatable bonds is 8. The van der Waals surface area contributed by atoms with Crippen molar-refractivity contribution in [1.29, 1.82) is 0 Å². The molecule has 3 aromatic carbocycles. The minimum Gasteiger partial charge on any atom is -0.493 e. The van der Waals surface area contributed by atoms with Crippen molar-refractivity contribution >= 4 is 47.2 Å². The summed E-state index contributed by atoms with van der Waals surface area (Å²) in [5.74, 6) is -0.979. The zero-order chi connectivity index (χ0) is 25.4. The van der Waals surface area contributed by atoms with E-state index in [0.717, 1.165) is 5.56 Å². The lowest BCUT2D eigenvalue weighted by Crippen LogP contribution is -2.34. The number of carbonyl (C=O) groups excluding carboxylic acids is 3. The Morgan fingerprint density at radius 2 is 1.63 bits per heavy atom. The van der Waals surface area contributed by atoms with Gasteiger partial charge in [0.1, 0.15) is 0 Å². The molecule has 0 aliphatic heterocycles. The Labute approximate surface area is 211 Å². The van der Waals surface area contributed by atoms with Crippen LogP contribution in [0.1, 0.15) is 31.8 Å². The van der Waals surface area contributed by atoms with E-state index in [2.05, 4.69) is 15.8 Å². The van der Waals surface area contributed by atoms with Gasteiger partial charge in [0, 0.05) is 5.56 Å². The van der Waals surface area contributed by atoms with Crippen LogP contribution in [0.3, 0.4) is 0 Å². The number of ether oxygens (including phenoxy) is 2. The number of halogens is 2. The molecule has 0 saturated carbocycles. The van der Waals surface area contributed by atoms with Gasteiger partial charge >= 0.3 is 5.97 Å². The van der Waals surface area contributed by atoms with Crippen molar-refractivity contribution in [2.45, 2.75) is 6.92 Å². The summed E-state index contributed by atoms with van der Waals surface area (Å²) in [5, 5.41) is 6.88. The first-order chi connectivity index (χ1) is 16.8. The molecule has 0 aliphatic rings. The summed E-state index contributed by atoms with van der Waals surface area (Å²) in [7, 11) is 1.44. The van der Waals surface area contributed by atoms with Gasteiger partial charge in [-0.05, 0) is 61.0 Å². The van der Waals surface area contributed by atoms with Crippen LogP contribution in [0.2, 0.25) is 10.0 Å². The molecule has 0 spiro atoms. The number of benzene rings is 3. The SMILES string of the molecule is COc1cc(/C=N\NC(=O)CNC(=O)c2ccc(Cl)c(Cl)c2)ccc1OC(=O)c1ccc(C)cc1. The molecule has 3 rings (SSSR count). The molecule has 0 radical (unpaired) electrons. The Bertz CT molecular complexity index is 1280. The predicted octanol–water partition coefficient (Wildman–Crippen LogP) is 4.41. The monoisotopic (exact) mass is 513 g/mol. The molecule has 0 aliphatic carbocycles. The van der Waals surface area contributed by atoms with Crippen LogP contribution < -0.4 is 20.2 Å². The fraction of sp³-hybridized carbons (Fsp3) is 0.120. The van der Waals surface area contributed by atoms with Crippen molar-refractivity contribution in [2.24, 2.45) is 5.10 Å². The van der Waals surface area contributed by atoms with Crippen molar-refractivity contribution in [3.8, 4) is 11.5 Å². The number of aryl methyl sites for hydroxylation is 1. The highest BCUT2D eigenvalue weighted by Gasteiger charge is 2.13. The molecule has 0 atom stereocenters. The highest BCUT2D eigenvalue weighted by molar-refractivity contribution is 6.42. The third-order valence-electron chi connectivity index (χ3n) is 4.67. The Morgan fingerprint density at radius 1 is 0.914 bits per heavy atom. The van der Waals surface area contributed by atoms with Gasteiger partial charge in [0.15, 0.2) is 11.5 Å². The average Bonchev–Trinajstić information content (AvgIpc) is 2.85. The summed E-state index contributed by atoms with van der Waals surface area (Å²) in [6.07, 6.45) is 1.38. The summed E-state index contributed by atoms with van der Waals surface area (Å²) in [5.41, 5.74) is 4.61. The highest BCUT2D eigenvalue weighted by Crippen LogP contribution is 2.28. The van der Waals surface area contributed by atoms with E-state index in [1.54, 1.807) is 30.3 Å². The largest absolute Gasteiger partial charge is 0.493 e. The quantitative estimate of drug-likeness (QED) is 0.201. The van der Waals surface area contributed by atoms with Crippen LogP contribution >= 0.6 is 23.2 Å². The Kier molecular flexibility index (Phi) is 8.83. The van der Waals surface area contributed by atoms with Crippen LogP contribution in [-0.2, 0) is 4.79 Å². The summed E-state index contributed by atoms with van der Waals surface area (Å²) in [6.45, 7) is 1.63. The zero-order valence-electron chi connectivity index (χ0n) is 18.8. The fourth-order valence-corrected chi connectivity index (χ4v) is 3.11. The van der Waals surface area contributed by atoms with Crippen LogP contribution in [0.5, 0.6) is 11.5 Å². The van der Waals surface area contributed by atoms with Gasteiger partial charge in [-0.25, -0.2) is 10.2 Å². The number of amides is 2. The minimum absolute atomic E-state index is 0.236. The van der Waals surface area contributed by atoms with E-state index in [1.165, 1.54) is 31.5 Å². The second kappa shape index (κ2) is 12.0. The maximum Gasteiger partial charge on any atom is 0.343 e. The second-order valence-corrected chi connectivity index (χ2v) is 8.08. The Balaban J connectivity index is 1.54. The van der Waals surface area contributed by atoms with Gasteiger partial charge in [0.05, 0.1) is 35.5 Å². The fourth-order valence-electron chi connectivity index (χ4n) is 2.82. The number of nitrogens with one attached hydrogen (secondary N) is 2. The molecule has 0 bridgehead atoms. The van der Waals surface area contributed by atoms with Crippen LogP contribution in [0.25, 0.3) is 0 Å². The van der Waals surface area contributed by atoms with Gasteiger partial charge in [-0.15, -0.1) is 0 Å². The number of methoxy groups -OCH3 is 1. The average molecular weight is 514 g/mol. The molecule has 0 aromatic heterocycles. The van der Waals surface area contributed by atoms with E-state index in [9.17, 15) is 14.4 Å². The molecule has 35 heavy (non-hydrogen) atoms. The van der Waals surface area contributed by atoms with E-state index >= 15 is 0 Å². The Morgan fingerprint density at radius 3 is 2.31 bits per heavy atom. The lowest BCUT2D eigenvalue weighted by molar-refractivity contribution is -0.120. The Hall–Kier alpha value is -3.88. The van der Waals surface area contributed by atoms with Gasteiger partial charge < -0.3 is 14.8 Å². The summed E-state index contributed by atoms with van der Waals surface area (Å²) < 4.78 is 10.7. The van der Waals surface area contributed by atoms with Gasteiger partial charge in [-0.1, -0.05) is 40.9 Å². The van der Waals surface area contributed by atoms with Crippen molar-refractivity contribution in [2.75, 3.05) is 13.7 Å². The van der Waals surface area contributed by atoms with Crippen LogP contribution in [-0.4, -0.2) is 37.7 Å². The van der Waals surface area contributed by atoms with Crippen molar-refractivity contribution in [1.82, 2.24) is 10.7 Å². The first-order valence-electron chi connectivity index (χ1n) is 10.3. The third-order valence-corrected chi connectivity index (χ3v) is 5.41.